The Kier molecular flexibility index (Phi) is 4.78. The summed E-state index contributed by atoms with van der Waals surface area (Å²) in [6, 6.07) is 7.31. The van der Waals surface area contributed by atoms with Gasteiger partial charge in [-0.25, -0.2) is 0 Å². The molecule has 23 heavy (non-hydrogen) atoms. The number of carbonyl (C=O) groups is 2. The number of anilines is 1. The van der Waals surface area contributed by atoms with E-state index in [9.17, 15) is 9.59 Å². The van der Waals surface area contributed by atoms with Crippen LogP contribution >= 0.6 is 0 Å². The molecule has 2 amide bonds. The quantitative estimate of drug-likeness (QED) is 0.896. The van der Waals surface area contributed by atoms with Gasteiger partial charge in [0, 0.05) is 23.7 Å². The average Bonchev–Trinajstić information content (AvgIpc) is 2.90. The molecule has 0 aliphatic heterocycles. The molecule has 2 N–H and O–H groups in total. The summed E-state index contributed by atoms with van der Waals surface area (Å²) in [5, 5.41) is 13.3. The number of carbonyl (C=O) groups excluding carboxylic acids is 2. The van der Waals surface area contributed by atoms with Crippen molar-refractivity contribution in [1.82, 2.24) is 20.1 Å². The van der Waals surface area contributed by atoms with E-state index >= 15 is 0 Å². The first-order valence-corrected chi connectivity index (χ1v) is 7.30. The minimum atomic E-state index is -0.522. The van der Waals surface area contributed by atoms with E-state index in [1.807, 2.05) is 25.2 Å². The highest BCUT2D eigenvalue weighted by Crippen LogP contribution is 2.20. The van der Waals surface area contributed by atoms with Gasteiger partial charge < -0.3 is 15.2 Å². The fourth-order valence-electron chi connectivity index (χ4n) is 1.91. The molecule has 0 unspecified atom stereocenters. The lowest BCUT2D eigenvalue weighted by Crippen LogP contribution is -2.39. The second-order valence-electron chi connectivity index (χ2n) is 6.33. The standard InChI is InChI=1S/C16H21N5O2/c1-16(2,3)15(23)17-9-13(22)19-12-7-5-6-11(8-12)14-20-18-10-21(14)4/h5-8,10H,9H2,1-4H3,(H,17,23)(H,19,22). The van der Waals surface area contributed by atoms with Crippen LogP contribution in [0.2, 0.25) is 0 Å². The van der Waals surface area contributed by atoms with Gasteiger partial charge in [0.2, 0.25) is 11.8 Å². The van der Waals surface area contributed by atoms with E-state index in [1.54, 1.807) is 37.7 Å². The van der Waals surface area contributed by atoms with E-state index in [4.69, 9.17) is 0 Å². The maximum atomic E-state index is 11.9. The van der Waals surface area contributed by atoms with Crippen molar-refractivity contribution in [3.63, 3.8) is 0 Å². The van der Waals surface area contributed by atoms with E-state index in [1.165, 1.54) is 0 Å². The van der Waals surface area contributed by atoms with Crippen molar-refractivity contribution in [3.8, 4) is 11.4 Å². The number of nitrogens with one attached hydrogen (secondary N) is 2. The Bertz CT molecular complexity index is 715. The first-order chi connectivity index (χ1) is 10.8. The summed E-state index contributed by atoms with van der Waals surface area (Å²) in [5.41, 5.74) is 0.966. The van der Waals surface area contributed by atoms with Gasteiger partial charge in [-0.05, 0) is 12.1 Å². The molecule has 0 saturated heterocycles. The predicted molar refractivity (Wildman–Crippen MR) is 87.5 cm³/mol. The zero-order chi connectivity index (χ0) is 17.0. The lowest BCUT2D eigenvalue weighted by atomic mass is 9.96. The van der Waals surface area contributed by atoms with E-state index in [-0.39, 0.29) is 18.4 Å². The molecule has 0 atom stereocenters. The summed E-state index contributed by atoms with van der Waals surface area (Å²) in [6.07, 6.45) is 1.61. The lowest BCUT2D eigenvalue weighted by molar-refractivity contribution is -0.130. The zero-order valence-electron chi connectivity index (χ0n) is 13.8. The fourth-order valence-corrected chi connectivity index (χ4v) is 1.91. The van der Waals surface area contributed by atoms with Crippen molar-refractivity contribution in [1.29, 1.82) is 0 Å². The molecule has 0 spiro atoms. The topological polar surface area (TPSA) is 88.9 Å². The van der Waals surface area contributed by atoms with Gasteiger partial charge in [-0.2, -0.15) is 0 Å². The third kappa shape index (κ3) is 4.38. The summed E-state index contributed by atoms with van der Waals surface area (Å²) in [6.45, 7) is 5.32. The van der Waals surface area contributed by atoms with Crippen LogP contribution in [0.25, 0.3) is 11.4 Å². The second-order valence-corrected chi connectivity index (χ2v) is 6.33. The van der Waals surface area contributed by atoms with Crippen LogP contribution in [0.3, 0.4) is 0 Å². The van der Waals surface area contributed by atoms with Crippen molar-refractivity contribution in [2.45, 2.75) is 20.8 Å². The summed E-state index contributed by atoms with van der Waals surface area (Å²) >= 11 is 0. The largest absolute Gasteiger partial charge is 0.347 e. The Morgan fingerprint density at radius 1 is 1.26 bits per heavy atom. The SMILES string of the molecule is Cn1cnnc1-c1cccc(NC(=O)CNC(=O)C(C)(C)C)c1. The molecule has 0 radical (unpaired) electrons. The van der Waals surface area contributed by atoms with Crippen LogP contribution in [0.5, 0.6) is 0 Å². The summed E-state index contributed by atoms with van der Waals surface area (Å²) in [5.74, 6) is 0.264. The van der Waals surface area contributed by atoms with Crippen LogP contribution in [0.15, 0.2) is 30.6 Å². The Morgan fingerprint density at radius 2 is 2.00 bits per heavy atom. The maximum Gasteiger partial charge on any atom is 0.243 e. The second kappa shape index (κ2) is 6.60. The van der Waals surface area contributed by atoms with Crippen LogP contribution < -0.4 is 10.6 Å². The van der Waals surface area contributed by atoms with Crippen molar-refractivity contribution < 1.29 is 9.59 Å². The highest BCUT2D eigenvalue weighted by molar-refractivity contribution is 5.95. The molecule has 122 valence electrons. The summed E-state index contributed by atoms with van der Waals surface area (Å²) in [4.78, 5) is 23.7. The van der Waals surface area contributed by atoms with Crippen LogP contribution in [-0.4, -0.2) is 33.1 Å². The van der Waals surface area contributed by atoms with Gasteiger partial charge in [0.1, 0.15) is 6.33 Å². The normalized spacial score (nSPS) is 11.1. The van der Waals surface area contributed by atoms with Gasteiger partial charge in [-0.1, -0.05) is 32.9 Å². The van der Waals surface area contributed by atoms with Crippen molar-refractivity contribution in [2.24, 2.45) is 12.5 Å². The van der Waals surface area contributed by atoms with Gasteiger partial charge in [0.25, 0.3) is 0 Å². The van der Waals surface area contributed by atoms with Gasteiger partial charge in [0.05, 0.1) is 6.54 Å². The maximum absolute atomic E-state index is 11.9. The smallest absolute Gasteiger partial charge is 0.243 e. The van der Waals surface area contributed by atoms with Crippen LogP contribution in [-0.2, 0) is 16.6 Å². The molecule has 7 heteroatoms. The van der Waals surface area contributed by atoms with E-state index in [0.717, 1.165) is 5.56 Å². The van der Waals surface area contributed by atoms with E-state index < -0.39 is 5.41 Å². The molecule has 0 saturated carbocycles. The Morgan fingerprint density at radius 3 is 2.61 bits per heavy atom. The first-order valence-electron chi connectivity index (χ1n) is 7.30. The van der Waals surface area contributed by atoms with E-state index in [0.29, 0.717) is 11.5 Å². The molecule has 0 aliphatic carbocycles. The third-order valence-electron chi connectivity index (χ3n) is 3.21. The third-order valence-corrected chi connectivity index (χ3v) is 3.21. The molecule has 1 aromatic heterocycles. The lowest BCUT2D eigenvalue weighted by Gasteiger charge is -2.17. The molecule has 1 aromatic carbocycles. The predicted octanol–water partition coefficient (Wildman–Crippen LogP) is 1.58. The minimum absolute atomic E-state index is 0.0652. The molecule has 1 heterocycles. The summed E-state index contributed by atoms with van der Waals surface area (Å²) < 4.78 is 1.80. The van der Waals surface area contributed by atoms with Crippen molar-refractivity contribution in [2.75, 3.05) is 11.9 Å². The van der Waals surface area contributed by atoms with Crippen LogP contribution in [0.4, 0.5) is 5.69 Å². The average molecular weight is 315 g/mol. The van der Waals surface area contributed by atoms with Gasteiger partial charge in [0.15, 0.2) is 5.82 Å². The minimum Gasteiger partial charge on any atom is -0.347 e. The van der Waals surface area contributed by atoms with Crippen LogP contribution in [0, 0.1) is 5.41 Å². The molecule has 7 nitrogen and oxygen atoms in total. The number of amides is 2. The number of hydrogen-bond acceptors (Lipinski definition) is 4. The highest BCUT2D eigenvalue weighted by atomic mass is 16.2. The van der Waals surface area contributed by atoms with Crippen molar-refractivity contribution >= 4 is 17.5 Å². The van der Waals surface area contributed by atoms with Gasteiger partial charge >= 0.3 is 0 Å². The number of aryl methyl sites for hydroxylation is 1. The zero-order valence-corrected chi connectivity index (χ0v) is 13.8. The number of nitrogens with zero attached hydrogens (tertiary/aromatic N) is 3. The number of aromatic nitrogens is 3. The Labute approximate surface area is 135 Å². The number of hydrogen-bond donors (Lipinski definition) is 2. The fraction of sp³-hybridized carbons (Fsp3) is 0.375. The van der Waals surface area contributed by atoms with Crippen molar-refractivity contribution in [3.05, 3.63) is 30.6 Å². The Balaban J connectivity index is 2.00. The van der Waals surface area contributed by atoms with Crippen LogP contribution in [0.1, 0.15) is 20.8 Å². The van der Waals surface area contributed by atoms with Gasteiger partial charge in [-0.15, -0.1) is 10.2 Å². The molecular weight excluding hydrogens is 294 g/mol. The number of benzene rings is 1. The van der Waals surface area contributed by atoms with Gasteiger partial charge in [-0.3, -0.25) is 9.59 Å². The molecule has 0 aliphatic rings. The first kappa shape index (κ1) is 16.7. The molecule has 2 rings (SSSR count). The molecule has 2 aromatic rings. The highest BCUT2D eigenvalue weighted by Gasteiger charge is 2.21. The Hall–Kier alpha value is -2.70. The van der Waals surface area contributed by atoms with E-state index in [2.05, 4.69) is 20.8 Å². The monoisotopic (exact) mass is 315 g/mol. The molecular formula is C16H21N5O2. The molecule has 0 bridgehead atoms. The molecule has 0 fully saturated rings. The number of rotatable bonds is 4. The summed E-state index contributed by atoms with van der Waals surface area (Å²) in [7, 11) is 1.85.